The summed E-state index contributed by atoms with van der Waals surface area (Å²) in [6, 6.07) is 0. The Balaban J connectivity index is 1.87. The fraction of sp³-hybridized carbons (Fsp3) is 1.00. The highest BCUT2D eigenvalue weighted by atomic mass is 16.5. The molecular formula is C14H29N3O. The van der Waals surface area contributed by atoms with Crippen LogP contribution < -0.4 is 5.73 Å². The molecule has 18 heavy (non-hydrogen) atoms. The molecular weight excluding hydrogens is 226 g/mol. The van der Waals surface area contributed by atoms with Gasteiger partial charge in [0.15, 0.2) is 0 Å². The number of ether oxygens (including phenoxy) is 1. The first kappa shape index (κ1) is 14.3. The molecule has 0 amide bonds. The summed E-state index contributed by atoms with van der Waals surface area (Å²) >= 11 is 0. The lowest BCUT2D eigenvalue weighted by Gasteiger charge is -2.48. The first-order chi connectivity index (χ1) is 8.66. The Morgan fingerprint density at radius 3 is 2.56 bits per heavy atom. The number of likely N-dealkylation sites (tertiary alicyclic amines) is 1. The number of hydrogen-bond donors (Lipinski definition) is 1. The normalized spacial score (nSPS) is 32.0. The van der Waals surface area contributed by atoms with Crippen LogP contribution >= 0.6 is 0 Å². The van der Waals surface area contributed by atoms with Gasteiger partial charge in [-0.3, -0.25) is 4.90 Å². The highest BCUT2D eigenvalue weighted by Crippen LogP contribution is 2.30. The van der Waals surface area contributed by atoms with Crippen molar-refractivity contribution in [2.24, 2.45) is 11.7 Å². The summed E-state index contributed by atoms with van der Waals surface area (Å²) in [5, 5.41) is 0. The second-order valence-corrected chi connectivity index (χ2v) is 6.28. The summed E-state index contributed by atoms with van der Waals surface area (Å²) < 4.78 is 5.69. The van der Waals surface area contributed by atoms with Gasteiger partial charge in [0.05, 0.1) is 12.1 Å². The molecule has 4 heteroatoms. The van der Waals surface area contributed by atoms with Crippen molar-refractivity contribution in [2.75, 3.05) is 53.5 Å². The summed E-state index contributed by atoms with van der Waals surface area (Å²) in [7, 11) is 4.34. The Bertz CT molecular complexity index is 243. The van der Waals surface area contributed by atoms with Crippen LogP contribution in [0.25, 0.3) is 0 Å². The van der Waals surface area contributed by atoms with Gasteiger partial charge in [0.25, 0.3) is 0 Å². The Hall–Kier alpha value is -0.160. The molecule has 1 unspecified atom stereocenters. The van der Waals surface area contributed by atoms with Gasteiger partial charge in [-0.2, -0.15) is 0 Å². The van der Waals surface area contributed by atoms with Crippen molar-refractivity contribution < 1.29 is 4.74 Å². The zero-order chi connectivity index (χ0) is 13.0. The van der Waals surface area contributed by atoms with E-state index in [0.29, 0.717) is 0 Å². The molecule has 0 aromatic heterocycles. The maximum absolute atomic E-state index is 6.05. The minimum absolute atomic E-state index is 0.140. The third-order valence-corrected chi connectivity index (χ3v) is 4.59. The van der Waals surface area contributed by atoms with E-state index >= 15 is 0 Å². The van der Waals surface area contributed by atoms with E-state index in [2.05, 4.69) is 23.9 Å². The lowest BCUT2D eigenvalue weighted by atomic mass is 9.86. The third-order valence-electron chi connectivity index (χ3n) is 4.59. The predicted molar refractivity (Wildman–Crippen MR) is 74.7 cm³/mol. The summed E-state index contributed by atoms with van der Waals surface area (Å²) in [5.74, 6) is 0.857. The Labute approximate surface area is 111 Å². The fourth-order valence-corrected chi connectivity index (χ4v) is 3.48. The van der Waals surface area contributed by atoms with Gasteiger partial charge in [0.2, 0.25) is 0 Å². The minimum atomic E-state index is 0.140. The van der Waals surface area contributed by atoms with Crippen molar-refractivity contribution in [3.8, 4) is 0 Å². The summed E-state index contributed by atoms with van der Waals surface area (Å²) in [6.45, 7) is 6.10. The van der Waals surface area contributed by atoms with Gasteiger partial charge in [-0.15, -0.1) is 0 Å². The molecule has 2 heterocycles. The van der Waals surface area contributed by atoms with Gasteiger partial charge in [-0.1, -0.05) is 0 Å². The van der Waals surface area contributed by atoms with E-state index in [0.717, 1.165) is 32.1 Å². The number of nitrogens with zero attached hydrogens (tertiary/aromatic N) is 2. The molecule has 0 spiro atoms. The summed E-state index contributed by atoms with van der Waals surface area (Å²) in [6.07, 6.45) is 4.98. The summed E-state index contributed by atoms with van der Waals surface area (Å²) in [4.78, 5) is 4.92. The van der Waals surface area contributed by atoms with E-state index in [9.17, 15) is 0 Å². The number of rotatable bonds is 4. The topological polar surface area (TPSA) is 41.7 Å². The smallest absolute Gasteiger partial charge is 0.0662 e. The van der Waals surface area contributed by atoms with E-state index in [1.165, 1.54) is 38.9 Å². The quantitative estimate of drug-likeness (QED) is 0.805. The third kappa shape index (κ3) is 3.23. The van der Waals surface area contributed by atoms with E-state index in [1.54, 1.807) is 0 Å². The summed E-state index contributed by atoms with van der Waals surface area (Å²) in [5.41, 5.74) is 6.19. The van der Waals surface area contributed by atoms with Gasteiger partial charge >= 0.3 is 0 Å². The van der Waals surface area contributed by atoms with E-state index < -0.39 is 0 Å². The zero-order valence-electron chi connectivity index (χ0n) is 12.0. The highest BCUT2D eigenvalue weighted by molar-refractivity contribution is 4.95. The van der Waals surface area contributed by atoms with Crippen LogP contribution in [-0.2, 0) is 4.74 Å². The minimum Gasteiger partial charge on any atom is -0.379 e. The van der Waals surface area contributed by atoms with Crippen LogP contribution in [0.15, 0.2) is 0 Å². The molecule has 0 bridgehead atoms. The number of hydrogen-bond acceptors (Lipinski definition) is 4. The second kappa shape index (κ2) is 6.33. The van der Waals surface area contributed by atoms with E-state index in [4.69, 9.17) is 10.5 Å². The molecule has 1 atom stereocenters. The molecule has 4 nitrogen and oxygen atoms in total. The van der Waals surface area contributed by atoms with E-state index in [1.807, 2.05) is 0 Å². The predicted octanol–water partition coefficient (Wildman–Crippen LogP) is 0.768. The Morgan fingerprint density at radius 2 is 2.06 bits per heavy atom. The Kier molecular flexibility index (Phi) is 5.01. The molecule has 2 aliphatic rings. The average Bonchev–Trinajstić information content (AvgIpc) is 2.39. The average molecular weight is 255 g/mol. The highest BCUT2D eigenvalue weighted by Gasteiger charge is 2.39. The largest absolute Gasteiger partial charge is 0.379 e. The standard InChI is InChI=1S/C14H29N3O/c1-16(2)10-13-4-7-17(8-5-13)14(11-15)6-3-9-18-12-14/h13H,3-12,15H2,1-2H3. The van der Waals surface area contributed by atoms with Crippen molar-refractivity contribution >= 4 is 0 Å². The molecule has 0 saturated carbocycles. The molecule has 2 rings (SSSR count). The molecule has 2 fully saturated rings. The van der Waals surface area contributed by atoms with Crippen molar-refractivity contribution in [3.05, 3.63) is 0 Å². The van der Waals surface area contributed by atoms with Crippen LogP contribution in [0.5, 0.6) is 0 Å². The van der Waals surface area contributed by atoms with Gasteiger partial charge in [0.1, 0.15) is 0 Å². The van der Waals surface area contributed by atoms with Crippen LogP contribution in [0, 0.1) is 5.92 Å². The van der Waals surface area contributed by atoms with Crippen LogP contribution in [0.3, 0.4) is 0 Å². The molecule has 2 aliphatic heterocycles. The molecule has 0 aromatic carbocycles. The van der Waals surface area contributed by atoms with Crippen LogP contribution in [-0.4, -0.2) is 68.8 Å². The monoisotopic (exact) mass is 255 g/mol. The molecule has 106 valence electrons. The van der Waals surface area contributed by atoms with Gasteiger partial charge in [0, 0.05) is 19.7 Å². The molecule has 2 N–H and O–H groups in total. The first-order valence-corrected chi connectivity index (χ1v) is 7.34. The second-order valence-electron chi connectivity index (χ2n) is 6.28. The van der Waals surface area contributed by atoms with Crippen LogP contribution in [0.2, 0.25) is 0 Å². The molecule has 0 aliphatic carbocycles. The van der Waals surface area contributed by atoms with Crippen molar-refractivity contribution in [1.82, 2.24) is 9.80 Å². The molecule has 0 aromatic rings. The maximum Gasteiger partial charge on any atom is 0.0662 e. The van der Waals surface area contributed by atoms with Gasteiger partial charge < -0.3 is 15.4 Å². The number of nitrogens with two attached hydrogens (primary N) is 1. The molecule has 0 radical (unpaired) electrons. The van der Waals surface area contributed by atoms with Crippen molar-refractivity contribution in [1.29, 1.82) is 0 Å². The lowest BCUT2D eigenvalue weighted by Crippen LogP contribution is -2.60. The molecule has 2 saturated heterocycles. The first-order valence-electron chi connectivity index (χ1n) is 7.34. The van der Waals surface area contributed by atoms with Crippen molar-refractivity contribution in [3.63, 3.8) is 0 Å². The van der Waals surface area contributed by atoms with Crippen molar-refractivity contribution in [2.45, 2.75) is 31.2 Å². The fourth-order valence-electron chi connectivity index (χ4n) is 3.48. The number of piperidine rings is 1. The van der Waals surface area contributed by atoms with Gasteiger partial charge in [-0.05, 0) is 58.8 Å². The lowest BCUT2D eigenvalue weighted by molar-refractivity contribution is -0.0576. The maximum atomic E-state index is 6.05. The van der Waals surface area contributed by atoms with E-state index in [-0.39, 0.29) is 5.54 Å². The Morgan fingerprint density at radius 1 is 1.33 bits per heavy atom. The van der Waals surface area contributed by atoms with Gasteiger partial charge in [-0.25, -0.2) is 0 Å². The zero-order valence-corrected chi connectivity index (χ0v) is 12.0. The van der Waals surface area contributed by atoms with Crippen LogP contribution in [0.1, 0.15) is 25.7 Å². The van der Waals surface area contributed by atoms with Crippen LogP contribution in [0.4, 0.5) is 0 Å². The SMILES string of the molecule is CN(C)CC1CCN(C2(CN)CCCOC2)CC1.